The highest BCUT2D eigenvalue weighted by molar-refractivity contribution is 7.11. The maximum atomic E-state index is 12.0. The maximum absolute atomic E-state index is 12.0. The quantitative estimate of drug-likeness (QED) is 0.790. The summed E-state index contributed by atoms with van der Waals surface area (Å²) in [5.41, 5.74) is 1.03. The van der Waals surface area contributed by atoms with Crippen molar-refractivity contribution in [2.75, 3.05) is 6.61 Å². The molecule has 0 radical (unpaired) electrons. The number of rotatable bonds is 3. The Morgan fingerprint density at radius 2 is 2.05 bits per heavy atom. The molecule has 2 aliphatic carbocycles. The average molecular weight is 293 g/mol. The van der Waals surface area contributed by atoms with Crippen LogP contribution in [0.2, 0.25) is 0 Å². The zero-order valence-electron chi connectivity index (χ0n) is 12.4. The monoisotopic (exact) mass is 293 g/mol. The number of hydrogen-bond donors (Lipinski definition) is 0. The van der Waals surface area contributed by atoms with Gasteiger partial charge < -0.3 is 4.74 Å². The molecule has 0 N–H and O–H groups in total. The summed E-state index contributed by atoms with van der Waals surface area (Å²) in [7, 11) is 0. The minimum absolute atomic E-state index is 0.0830. The first-order valence-corrected chi connectivity index (χ1v) is 8.66. The molecule has 20 heavy (non-hydrogen) atoms. The molecule has 1 aromatic heterocycles. The summed E-state index contributed by atoms with van der Waals surface area (Å²) in [5.74, 6) is 1.31. The standard InChI is InChI=1S/C16H23NO2S/c1-3-19-16(18)12-8-9-13-14(12)17-15(20-13)11-6-4-10(2)5-7-11/h10-12H,3-9H2,1-2H3. The van der Waals surface area contributed by atoms with E-state index in [4.69, 9.17) is 9.72 Å². The number of carbonyl (C=O) groups is 1. The molecule has 1 atom stereocenters. The molecule has 0 bridgehead atoms. The molecule has 3 nitrogen and oxygen atoms in total. The number of aromatic nitrogens is 1. The van der Waals surface area contributed by atoms with Crippen LogP contribution in [0.3, 0.4) is 0 Å². The molecule has 0 saturated heterocycles. The Labute approximate surface area is 124 Å². The first-order chi connectivity index (χ1) is 9.69. The van der Waals surface area contributed by atoms with E-state index < -0.39 is 0 Å². The van der Waals surface area contributed by atoms with Crippen LogP contribution in [0.4, 0.5) is 0 Å². The van der Waals surface area contributed by atoms with E-state index in [9.17, 15) is 4.79 Å². The van der Waals surface area contributed by atoms with Gasteiger partial charge in [-0.3, -0.25) is 4.79 Å². The Morgan fingerprint density at radius 3 is 2.75 bits per heavy atom. The predicted octanol–water partition coefficient (Wildman–Crippen LogP) is 4.03. The Hall–Kier alpha value is -0.900. The number of fused-ring (bicyclic) bond motifs is 1. The lowest BCUT2D eigenvalue weighted by atomic mass is 9.83. The maximum Gasteiger partial charge on any atom is 0.315 e. The largest absolute Gasteiger partial charge is 0.465 e. The molecule has 3 rings (SSSR count). The molecule has 0 spiro atoms. The number of carbonyl (C=O) groups excluding carboxylic acids is 1. The van der Waals surface area contributed by atoms with Crippen LogP contribution in [0, 0.1) is 5.92 Å². The van der Waals surface area contributed by atoms with Gasteiger partial charge in [0, 0.05) is 10.8 Å². The first-order valence-electron chi connectivity index (χ1n) is 7.85. The van der Waals surface area contributed by atoms with Crippen molar-refractivity contribution in [2.24, 2.45) is 5.92 Å². The fourth-order valence-corrected chi connectivity index (χ4v) is 4.71. The minimum Gasteiger partial charge on any atom is -0.465 e. The number of thiazole rings is 1. The van der Waals surface area contributed by atoms with E-state index >= 15 is 0 Å². The minimum atomic E-state index is -0.0996. The van der Waals surface area contributed by atoms with E-state index in [0.717, 1.165) is 24.5 Å². The summed E-state index contributed by atoms with van der Waals surface area (Å²) in [5, 5.41) is 1.27. The van der Waals surface area contributed by atoms with Gasteiger partial charge in [0.05, 0.1) is 17.3 Å². The van der Waals surface area contributed by atoms with Gasteiger partial charge in [-0.1, -0.05) is 19.8 Å². The molecule has 1 saturated carbocycles. The highest BCUT2D eigenvalue weighted by Gasteiger charge is 2.35. The lowest BCUT2D eigenvalue weighted by molar-refractivity contribution is -0.145. The summed E-state index contributed by atoms with van der Waals surface area (Å²) in [6, 6.07) is 0. The van der Waals surface area contributed by atoms with Crippen molar-refractivity contribution in [1.82, 2.24) is 4.98 Å². The van der Waals surface area contributed by atoms with Crippen molar-refractivity contribution in [2.45, 2.75) is 64.2 Å². The first kappa shape index (κ1) is 14.1. The highest BCUT2D eigenvalue weighted by atomic mass is 32.1. The molecule has 0 amide bonds. The molecule has 4 heteroatoms. The third kappa shape index (κ3) is 2.62. The lowest BCUT2D eigenvalue weighted by Gasteiger charge is -2.24. The number of ether oxygens (including phenoxy) is 1. The zero-order chi connectivity index (χ0) is 14.1. The topological polar surface area (TPSA) is 39.2 Å². The van der Waals surface area contributed by atoms with Crippen LogP contribution in [-0.4, -0.2) is 17.6 Å². The summed E-state index contributed by atoms with van der Waals surface area (Å²) in [6.45, 7) is 4.67. The third-order valence-electron chi connectivity index (χ3n) is 4.67. The molecule has 0 aromatic carbocycles. The molecule has 1 heterocycles. The van der Waals surface area contributed by atoms with E-state index in [0.29, 0.717) is 12.5 Å². The highest BCUT2D eigenvalue weighted by Crippen LogP contribution is 2.43. The summed E-state index contributed by atoms with van der Waals surface area (Å²) in [4.78, 5) is 18.2. The summed E-state index contributed by atoms with van der Waals surface area (Å²) >= 11 is 1.85. The van der Waals surface area contributed by atoms with Crippen LogP contribution in [0.15, 0.2) is 0 Å². The van der Waals surface area contributed by atoms with Crippen molar-refractivity contribution in [1.29, 1.82) is 0 Å². The normalized spacial score (nSPS) is 29.2. The third-order valence-corrected chi connectivity index (χ3v) is 5.96. The molecule has 0 aliphatic heterocycles. The van der Waals surface area contributed by atoms with Gasteiger partial charge in [-0.25, -0.2) is 4.98 Å². The van der Waals surface area contributed by atoms with Crippen LogP contribution >= 0.6 is 11.3 Å². The molecule has 110 valence electrons. The number of hydrogen-bond acceptors (Lipinski definition) is 4. The molecule has 2 aliphatic rings. The zero-order valence-corrected chi connectivity index (χ0v) is 13.2. The number of esters is 1. The fourth-order valence-electron chi connectivity index (χ4n) is 3.40. The second-order valence-corrected chi connectivity index (χ2v) is 7.28. The van der Waals surface area contributed by atoms with Gasteiger partial charge in [0.1, 0.15) is 5.92 Å². The van der Waals surface area contributed by atoms with Gasteiger partial charge in [-0.05, 0) is 38.5 Å². The van der Waals surface area contributed by atoms with Crippen LogP contribution < -0.4 is 0 Å². The van der Waals surface area contributed by atoms with Crippen LogP contribution in [0.25, 0.3) is 0 Å². The van der Waals surface area contributed by atoms with Gasteiger partial charge in [0.2, 0.25) is 0 Å². The molecular formula is C16H23NO2S. The Bertz CT molecular complexity index is 489. The van der Waals surface area contributed by atoms with E-state index in [-0.39, 0.29) is 11.9 Å². The fraction of sp³-hybridized carbons (Fsp3) is 0.750. The van der Waals surface area contributed by atoms with Crippen LogP contribution in [0.5, 0.6) is 0 Å². The SMILES string of the molecule is CCOC(=O)C1CCc2sc(C3CCC(C)CC3)nc21. The van der Waals surface area contributed by atoms with E-state index in [2.05, 4.69) is 6.92 Å². The van der Waals surface area contributed by atoms with Gasteiger partial charge in [0.25, 0.3) is 0 Å². The lowest BCUT2D eigenvalue weighted by Crippen LogP contribution is -2.15. The van der Waals surface area contributed by atoms with Gasteiger partial charge in [-0.15, -0.1) is 11.3 Å². The Balaban J connectivity index is 1.74. The Kier molecular flexibility index (Phi) is 4.11. The molecular weight excluding hydrogens is 270 g/mol. The molecule has 1 aromatic rings. The molecule has 1 unspecified atom stereocenters. The second-order valence-electron chi connectivity index (χ2n) is 6.16. The van der Waals surface area contributed by atoms with Gasteiger partial charge in [-0.2, -0.15) is 0 Å². The van der Waals surface area contributed by atoms with Crippen molar-refractivity contribution in [3.05, 3.63) is 15.6 Å². The molecule has 1 fully saturated rings. The predicted molar refractivity (Wildman–Crippen MR) is 80.2 cm³/mol. The van der Waals surface area contributed by atoms with E-state index in [1.807, 2.05) is 18.3 Å². The smallest absolute Gasteiger partial charge is 0.315 e. The van der Waals surface area contributed by atoms with Crippen molar-refractivity contribution in [3.63, 3.8) is 0 Å². The van der Waals surface area contributed by atoms with Crippen molar-refractivity contribution in [3.8, 4) is 0 Å². The van der Waals surface area contributed by atoms with E-state index in [1.165, 1.54) is 35.6 Å². The van der Waals surface area contributed by atoms with Crippen molar-refractivity contribution < 1.29 is 9.53 Å². The van der Waals surface area contributed by atoms with E-state index in [1.54, 1.807) is 0 Å². The summed E-state index contributed by atoms with van der Waals surface area (Å²) < 4.78 is 5.18. The summed E-state index contributed by atoms with van der Waals surface area (Å²) in [6.07, 6.45) is 7.04. The van der Waals surface area contributed by atoms with Crippen LogP contribution in [-0.2, 0) is 16.0 Å². The van der Waals surface area contributed by atoms with Gasteiger partial charge >= 0.3 is 5.97 Å². The number of nitrogens with zero attached hydrogens (tertiary/aromatic N) is 1. The average Bonchev–Trinajstić information content (AvgIpc) is 2.99. The van der Waals surface area contributed by atoms with Gasteiger partial charge in [0.15, 0.2) is 0 Å². The second kappa shape index (κ2) is 5.84. The van der Waals surface area contributed by atoms with Crippen molar-refractivity contribution >= 4 is 17.3 Å². The number of aryl methyl sites for hydroxylation is 1. The Morgan fingerprint density at radius 1 is 1.30 bits per heavy atom. The van der Waals surface area contributed by atoms with Crippen LogP contribution in [0.1, 0.15) is 73.4 Å².